The largest absolute Gasteiger partial charge is 0.466 e. The van der Waals surface area contributed by atoms with E-state index in [9.17, 15) is 0 Å². The summed E-state index contributed by atoms with van der Waals surface area (Å²) < 4.78 is 10.7. The van der Waals surface area contributed by atoms with Gasteiger partial charge < -0.3 is 14.3 Å². The Kier molecular flexibility index (Phi) is 2.48. The number of rotatable bonds is 4. The first-order valence-electron chi connectivity index (χ1n) is 5.86. The summed E-state index contributed by atoms with van der Waals surface area (Å²) >= 11 is 0. The Hall–Kier alpha value is -1.62. The van der Waals surface area contributed by atoms with Crippen molar-refractivity contribution < 1.29 is 8.94 Å². The Bertz CT molecular complexity index is 526. The first-order valence-corrected chi connectivity index (χ1v) is 5.86. The standard InChI is InChI=1S/C12H15N3O2/c1-7-5-10(8(2)16-7)12-14-11(15-17-12)6-13-9-3-4-9/h5,9,13H,3-4,6H2,1-2H3. The molecule has 0 saturated heterocycles. The molecule has 5 nitrogen and oxygen atoms in total. The van der Waals surface area contributed by atoms with Gasteiger partial charge in [-0.05, 0) is 32.8 Å². The molecule has 0 unspecified atom stereocenters. The SMILES string of the molecule is Cc1cc(-c2nc(CNC3CC3)no2)c(C)o1. The van der Waals surface area contributed by atoms with Crippen LogP contribution in [0.15, 0.2) is 15.0 Å². The minimum absolute atomic E-state index is 0.534. The summed E-state index contributed by atoms with van der Waals surface area (Å²) in [7, 11) is 0. The van der Waals surface area contributed by atoms with E-state index < -0.39 is 0 Å². The van der Waals surface area contributed by atoms with Gasteiger partial charge in [0.25, 0.3) is 5.89 Å². The minimum atomic E-state index is 0.534. The Morgan fingerprint density at radius 2 is 2.24 bits per heavy atom. The molecule has 1 aliphatic carbocycles. The van der Waals surface area contributed by atoms with Gasteiger partial charge in [-0.25, -0.2) is 0 Å². The van der Waals surface area contributed by atoms with Crippen LogP contribution in [0.5, 0.6) is 0 Å². The molecule has 0 radical (unpaired) electrons. The van der Waals surface area contributed by atoms with Gasteiger partial charge >= 0.3 is 0 Å². The molecular formula is C12H15N3O2. The average molecular weight is 233 g/mol. The third kappa shape index (κ3) is 2.24. The zero-order chi connectivity index (χ0) is 11.8. The highest BCUT2D eigenvalue weighted by atomic mass is 16.5. The molecule has 0 amide bonds. The van der Waals surface area contributed by atoms with Crippen molar-refractivity contribution in [1.29, 1.82) is 0 Å². The first kappa shape index (κ1) is 10.5. The van der Waals surface area contributed by atoms with Crippen molar-refractivity contribution in [3.8, 4) is 11.5 Å². The first-order chi connectivity index (χ1) is 8.22. The van der Waals surface area contributed by atoms with Crippen molar-refractivity contribution in [3.05, 3.63) is 23.4 Å². The van der Waals surface area contributed by atoms with Crippen LogP contribution in [0.3, 0.4) is 0 Å². The van der Waals surface area contributed by atoms with E-state index >= 15 is 0 Å². The summed E-state index contributed by atoms with van der Waals surface area (Å²) in [6.45, 7) is 4.47. The molecule has 0 spiro atoms. The molecule has 5 heteroatoms. The lowest BCUT2D eigenvalue weighted by molar-refractivity contribution is 0.417. The lowest BCUT2D eigenvalue weighted by Gasteiger charge is -1.94. The van der Waals surface area contributed by atoms with Gasteiger partial charge in [0.05, 0.1) is 12.1 Å². The highest BCUT2D eigenvalue weighted by Gasteiger charge is 2.21. The zero-order valence-corrected chi connectivity index (χ0v) is 9.99. The molecule has 1 fully saturated rings. The topological polar surface area (TPSA) is 64.1 Å². The van der Waals surface area contributed by atoms with Crippen LogP contribution >= 0.6 is 0 Å². The number of aryl methyl sites for hydroxylation is 2. The fourth-order valence-corrected chi connectivity index (χ4v) is 1.80. The van der Waals surface area contributed by atoms with Crippen LogP contribution in [0.25, 0.3) is 11.5 Å². The minimum Gasteiger partial charge on any atom is -0.466 e. The van der Waals surface area contributed by atoms with Gasteiger partial charge in [-0.1, -0.05) is 5.16 Å². The van der Waals surface area contributed by atoms with Gasteiger partial charge in [0.2, 0.25) is 0 Å². The summed E-state index contributed by atoms with van der Waals surface area (Å²) in [4.78, 5) is 4.35. The van der Waals surface area contributed by atoms with Crippen LogP contribution in [0.2, 0.25) is 0 Å². The molecule has 1 aliphatic rings. The normalized spacial score (nSPS) is 15.4. The second-order valence-corrected chi connectivity index (χ2v) is 4.50. The third-order valence-electron chi connectivity index (χ3n) is 2.87. The lowest BCUT2D eigenvalue weighted by Crippen LogP contribution is -2.16. The summed E-state index contributed by atoms with van der Waals surface area (Å²) in [6.07, 6.45) is 2.51. The van der Waals surface area contributed by atoms with Gasteiger partial charge in [-0.3, -0.25) is 0 Å². The Labute approximate surface area is 99.2 Å². The molecular weight excluding hydrogens is 218 g/mol. The monoisotopic (exact) mass is 233 g/mol. The Morgan fingerprint density at radius 1 is 1.41 bits per heavy atom. The smallest absolute Gasteiger partial charge is 0.261 e. The fraction of sp³-hybridized carbons (Fsp3) is 0.500. The van der Waals surface area contributed by atoms with Crippen LogP contribution in [-0.4, -0.2) is 16.2 Å². The highest BCUT2D eigenvalue weighted by Crippen LogP contribution is 2.25. The van der Waals surface area contributed by atoms with Crippen LogP contribution < -0.4 is 5.32 Å². The van der Waals surface area contributed by atoms with E-state index in [1.165, 1.54) is 12.8 Å². The quantitative estimate of drug-likeness (QED) is 0.877. The number of furan rings is 1. The molecule has 0 aliphatic heterocycles. The summed E-state index contributed by atoms with van der Waals surface area (Å²) in [6, 6.07) is 2.57. The highest BCUT2D eigenvalue weighted by molar-refractivity contribution is 5.55. The van der Waals surface area contributed by atoms with E-state index in [0.717, 1.165) is 17.1 Å². The second kappa shape index (κ2) is 4.00. The Morgan fingerprint density at radius 3 is 2.88 bits per heavy atom. The van der Waals surface area contributed by atoms with Gasteiger partial charge in [0.15, 0.2) is 5.82 Å². The predicted molar refractivity (Wildman–Crippen MR) is 61.3 cm³/mol. The average Bonchev–Trinajstić information content (AvgIpc) is 2.90. The van der Waals surface area contributed by atoms with Crippen molar-refractivity contribution in [2.75, 3.05) is 0 Å². The van der Waals surface area contributed by atoms with Crippen molar-refractivity contribution in [2.24, 2.45) is 0 Å². The van der Waals surface area contributed by atoms with E-state index in [4.69, 9.17) is 8.94 Å². The van der Waals surface area contributed by atoms with Gasteiger partial charge in [0, 0.05) is 6.04 Å². The number of nitrogens with one attached hydrogen (secondary N) is 1. The number of nitrogens with zero attached hydrogens (tertiary/aromatic N) is 2. The van der Waals surface area contributed by atoms with Crippen LogP contribution in [-0.2, 0) is 6.54 Å². The molecule has 17 heavy (non-hydrogen) atoms. The molecule has 2 aromatic heterocycles. The molecule has 2 aromatic rings. The van der Waals surface area contributed by atoms with E-state index in [-0.39, 0.29) is 0 Å². The fourth-order valence-electron chi connectivity index (χ4n) is 1.80. The molecule has 3 rings (SSSR count). The van der Waals surface area contributed by atoms with Crippen molar-refractivity contribution >= 4 is 0 Å². The van der Waals surface area contributed by atoms with Crippen molar-refractivity contribution in [3.63, 3.8) is 0 Å². The summed E-state index contributed by atoms with van der Waals surface area (Å²) in [5, 5.41) is 7.30. The number of hydrogen-bond acceptors (Lipinski definition) is 5. The van der Waals surface area contributed by atoms with Crippen molar-refractivity contribution in [1.82, 2.24) is 15.5 Å². The molecule has 0 aromatic carbocycles. The maximum atomic E-state index is 5.44. The lowest BCUT2D eigenvalue weighted by atomic mass is 10.2. The molecule has 0 atom stereocenters. The van der Waals surface area contributed by atoms with Gasteiger partial charge in [-0.2, -0.15) is 4.98 Å². The van der Waals surface area contributed by atoms with Crippen LogP contribution in [0.1, 0.15) is 30.2 Å². The molecule has 0 bridgehead atoms. The van der Waals surface area contributed by atoms with Crippen LogP contribution in [0.4, 0.5) is 0 Å². The maximum Gasteiger partial charge on any atom is 0.261 e. The van der Waals surface area contributed by atoms with Gasteiger partial charge in [0.1, 0.15) is 11.5 Å². The van der Waals surface area contributed by atoms with E-state index in [2.05, 4.69) is 15.5 Å². The molecule has 1 saturated carbocycles. The third-order valence-corrected chi connectivity index (χ3v) is 2.87. The summed E-state index contributed by atoms with van der Waals surface area (Å²) in [5.41, 5.74) is 0.882. The second-order valence-electron chi connectivity index (χ2n) is 4.50. The molecule has 90 valence electrons. The van der Waals surface area contributed by atoms with Crippen molar-refractivity contribution in [2.45, 2.75) is 39.3 Å². The van der Waals surface area contributed by atoms with Crippen LogP contribution in [0, 0.1) is 13.8 Å². The van der Waals surface area contributed by atoms with E-state index in [1.54, 1.807) is 0 Å². The van der Waals surface area contributed by atoms with Gasteiger partial charge in [-0.15, -0.1) is 0 Å². The molecule has 2 heterocycles. The number of hydrogen-bond donors (Lipinski definition) is 1. The van der Waals surface area contributed by atoms with E-state index in [0.29, 0.717) is 24.3 Å². The summed E-state index contributed by atoms with van der Waals surface area (Å²) in [5.74, 6) is 2.90. The predicted octanol–water partition coefficient (Wildman–Crippen LogP) is 2.20. The zero-order valence-electron chi connectivity index (χ0n) is 9.99. The maximum absolute atomic E-state index is 5.44. The molecule has 1 N–H and O–H groups in total. The Balaban J connectivity index is 1.76. The van der Waals surface area contributed by atoms with E-state index in [1.807, 2.05) is 19.9 Å². The number of aromatic nitrogens is 2.